The minimum atomic E-state index is 0.354. The van der Waals surface area contributed by atoms with Crippen LogP contribution >= 0.6 is 0 Å². The first-order valence-electron chi connectivity index (χ1n) is 6.85. The highest BCUT2D eigenvalue weighted by Crippen LogP contribution is 2.28. The molecule has 18 heavy (non-hydrogen) atoms. The van der Waals surface area contributed by atoms with E-state index in [0.29, 0.717) is 18.6 Å². The number of piperidine rings is 1. The normalized spacial score (nSPS) is 19.7. The van der Waals surface area contributed by atoms with Crippen LogP contribution in [0.25, 0.3) is 0 Å². The van der Waals surface area contributed by atoms with Crippen LogP contribution in [-0.4, -0.2) is 37.7 Å². The van der Waals surface area contributed by atoms with Crippen LogP contribution in [0.5, 0.6) is 5.75 Å². The van der Waals surface area contributed by atoms with Crippen molar-refractivity contribution in [3.05, 3.63) is 29.8 Å². The van der Waals surface area contributed by atoms with E-state index in [1.807, 2.05) is 6.07 Å². The monoisotopic (exact) mass is 248 g/mol. The summed E-state index contributed by atoms with van der Waals surface area (Å²) in [4.78, 5) is 2.36. The van der Waals surface area contributed by atoms with Crippen LogP contribution in [0.2, 0.25) is 0 Å². The lowest BCUT2D eigenvalue weighted by Gasteiger charge is -2.30. The molecule has 1 saturated heterocycles. The summed E-state index contributed by atoms with van der Waals surface area (Å²) in [7, 11) is 2.17. The number of hydrogen-bond acceptors (Lipinski definition) is 3. The molecule has 1 heterocycles. The Hall–Kier alpha value is -1.06. The molecular formula is C15H24N2O. The molecule has 0 aromatic heterocycles. The number of para-hydroxylation sites is 1. The Labute approximate surface area is 110 Å². The van der Waals surface area contributed by atoms with Crippen molar-refractivity contribution in [3.63, 3.8) is 0 Å². The number of likely N-dealkylation sites (tertiary alicyclic amines) is 1. The summed E-state index contributed by atoms with van der Waals surface area (Å²) in [5.41, 5.74) is 7.00. The number of nitrogens with two attached hydrogens (primary N) is 1. The van der Waals surface area contributed by atoms with E-state index in [-0.39, 0.29) is 0 Å². The van der Waals surface area contributed by atoms with Crippen LogP contribution in [0.15, 0.2) is 24.3 Å². The molecule has 0 aliphatic carbocycles. The molecule has 0 amide bonds. The summed E-state index contributed by atoms with van der Waals surface area (Å²) in [6.45, 7) is 5.06. The smallest absolute Gasteiger partial charge is 0.123 e. The molecular weight excluding hydrogens is 224 g/mol. The molecule has 1 aliphatic rings. The maximum atomic E-state index is 6.18. The van der Waals surface area contributed by atoms with Gasteiger partial charge in [-0.05, 0) is 44.0 Å². The van der Waals surface area contributed by atoms with Crippen molar-refractivity contribution in [2.75, 3.05) is 26.7 Å². The molecule has 3 heteroatoms. The number of benzene rings is 1. The van der Waals surface area contributed by atoms with Crippen molar-refractivity contribution >= 4 is 0 Å². The van der Waals surface area contributed by atoms with Gasteiger partial charge in [0.25, 0.3) is 0 Å². The molecule has 0 spiro atoms. The quantitative estimate of drug-likeness (QED) is 0.888. The van der Waals surface area contributed by atoms with E-state index in [4.69, 9.17) is 10.5 Å². The second-order valence-electron chi connectivity index (χ2n) is 5.30. The summed E-state index contributed by atoms with van der Waals surface area (Å²) in [5, 5.41) is 0. The van der Waals surface area contributed by atoms with E-state index < -0.39 is 0 Å². The lowest BCUT2D eigenvalue weighted by atomic mass is 10.00. The van der Waals surface area contributed by atoms with Crippen LogP contribution in [-0.2, 0) is 0 Å². The first kappa shape index (κ1) is 13.4. The lowest BCUT2D eigenvalue weighted by molar-refractivity contribution is 0.113. The zero-order valence-electron chi connectivity index (χ0n) is 11.4. The van der Waals surface area contributed by atoms with Gasteiger partial charge in [-0.25, -0.2) is 0 Å². The fourth-order valence-electron chi connectivity index (χ4n) is 2.40. The van der Waals surface area contributed by atoms with Crippen molar-refractivity contribution in [1.29, 1.82) is 0 Å². The van der Waals surface area contributed by atoms with E-state index in [1.165, 1.54) is 5.56 Å². The van der Waals surface area contributed by atoms with Gasteiger partial charge in [-0.3, -0.25) is 0 Å². The molecule has 0 bridgehead atoms. The second-order valence-corrected chi connectivity index (χ2v) is 5.30. The predicted molar refractivity (Wildman–Crippen MR) is 75.1 cm³/mol. The Bertz CT molecular complexity index is 373. The highest BCUT2D eigenvalue weighted by Gasteiger charge is 2.19. The average molecular weight is 248 g/mol. The van der Waals surface area contributed by atoms with Crippen LogP contribution in [0.1, 0.15) is 31.2 Å². The molecule has 1 aromatic rings. The minimum Gasteiger partial charge on any atom is -0.490 e. The molecule has 0 saturated carbocycles. The van der Waals surface area contributed by atoms with Gasteiger partial charge < -0.3 is 15.4 Å². The Balaban J connectivity index is 2.04. The summed E-state index contributed by atoms with van der Waals surface area (Å²) in [5.74, 6) is 1.37. The van der Waals surface area contributed by atoms with E-state index in [9.17, 15) is 0 Å². The molecule has 1 aromatic carbocycles. The fraction of sp³-hybridized carbons (Fsp3) is 0.600. The van der Waals surface area contributed by atoms with E-state index in [1.54, 1.807) is 0 Å². The van der Waals surface area contributed by atoms with Crippen molar-refractivity contribution in [3.8, 4) is 5.75 Å². The largest absolute Gasteiger partial charge is 0.490 e. The van der Waals surface area contributed by atoms with Gasteiger partial charge in [-0.1, -0.05) is 25.1 Å². The standard InChI is InChI=1S/C15H24N2O/c1-12(11-16)14-5-3-4-6-15(14)18-13-7-9-17(2)10-8-13/h3-6,12-13H,7-11,16H2,1-2H3. The lowest BCUT2D eigenvalue weighted by Crippen LogP contribution is -2.35. The summed E-state index contributed by atoms with van der Waals surface area (Å²) in [6.07, 6.45) is 2.58. The molecule has 1 aliphatic heterocycles. The molecule has 0 radical (unpaired) electrons. The maximum Gasteiger partial charge on any atom is 0.123 e. The minimum absolute atomic E-state index is 0.354. The first-order chi connectivity index (χ1) is 8.70. The van der Waals surface area contributed by atoms with E-state index in [0.717, 1.165) is 31.7 Å². The summed E-state index contributed by atoms with van der Waals surface area (Å²) in [6, 6.07) is 8.29. The van der Waals surface area contributed by atoms with Gasteiger partial charge in [0.15, 0.2) is 0 Å². The third-order valence-electron chi connectivity index (χ3n) is 3.76. The van der Waals surface area contributed by atoms with Gasteiger partial charge in [-0.2, -0.15) is 0 Å². The van der Waals surface area contributed by atoms with E-state index in [2.05, 4.69) is 37.1 Å². The Morgan fingerprint density at radius 3 is 2.67 bits per heavy atom. The summed E-state index contributed by atoms with van der Waals surface area (Å²) < 4.78 is 6.18. The zero-order chi connectivity index (χ0) is 13.0. The third-order valence-corrected chi connectivity index (χ3v) is 3.76. The van der Waals surface area contributed by atoms with Crippen LogP contribution in [0, 0.1) is 0 Å². The van der Waals surface area contributed by atoms with E-state index >= 15 is 0 Å². The van der Waals surface area contributed by atoms with Crippen molar-refractivity contribution in [2.24, 2.45) is 5.73 Å². The molecule has 1 unspecified atom stereocenters. The SMILES string of the molecule is CC(CN)c1ccccc1OC1CCN(C)CC1. The second kappa shape index (κ2) is 6.21. The topological polar surface area (TPSA) is 38.5 Å². The molecule has 1 fully saturated rings. The molecule has 3 nitrogen and oxygen atoms in total. The Morgan fingerprint density at radius 1 is 1.33 bits per heavy atom. The van der Waals surface area contributed by atoms with Gasteiger partial charge in [0.05, 0.1) is 0 Å². The summed E-state index contributed by atoms with van der Waals surface area (Å²) >= 11 is 0. The highest BCUT2D eigenvalue weighted by atomic mass is 16.5. The van der Waals surface area contributed by atoms with Crippen LogP contribution in [0.4, 0.5) is 0 Å². The highest BCUT2D eigenvalue weighted by molar-refractivity contribution is 5.36. The molecule has 2 rings (SSSR count). The van der Waals surface area contributed by atoms with Gasteiger partial charge in [0.1, 0.15) is 11.9 Å². The van der Waals surface area contributed by atoms with Crippen LogP contribution < -0.4 is 10.5 Å². The van der Waals surface area contributed by atoms with Crippen molar-refractivity contribution < 1.29 is 4.74 Å². The first-order valence-corrected chi connectivity index (χ1v) is 6.85. The van der Waals surface area contributed by atoms with Gasteiger partial charge in [-0.15, -0.1) is 0 Å². The fourth-order valence-corrected chi connectivity index (χ4v) is 2.40. The van der Waals surface area contributed by atoms with Crippen molar-refractivity contribution in [2.45, 2.75) is 31.8 Å². The number of hydrogen-bond donors (Lipinski definition) is 1. The van der Waals surface area contributed by atoms with Gasteiger partial charge >= 0.3 is 0 Å². The average Bonchev–Trinajstić information content (AvgIpc) is 2.41. The Kier molecular flexibility index (Phi) is 4.61. The third kappa shape index (κ3) is 3.24. The van der Waals surface area contributed by atoms with Gasteiger partial charge in [0, 0.05) is 13.1 Å². The number of rotatable bonds is 4. The number of ether oxygens (including phenoxy) is 1. The number of nitrogens with zero attached hydrogens (tertiary/aromatic N) is 1. The zero-order valence-corrected chi connectivity index (χ0v) is 11.4. The van der Waals surface area contributed by atoms with Crippen molar-refractivity contribution in [1.82, 2.24) is 4.90 Å². The maximum absolute atomic E-state index is 6.18. The van der Waals surface area contributed by atoms with Gasteiger partial charge in [0.2, 0.25) is 0 Å². The molecule has 100 valence electrons. The predicted octanol–water partition coefficient (Wildman–Crippen LogP) is 2.22. The Morgan fingerprint density at radius 2 is 2.00 bits per heavy atom. The molecule has 1 atom stereocenters. The molecule has 2 N–H and O–H groups in total. The van der Waals surface area contributed by atoms with Crippen LogP contribution in [0.3, 0.4) is 0 Å².